The zero-order chi connectivity index (χ0) is 10.5. The third-order valence-electron chi connectivity index (χ3n) is 5.21. The van der Waals surface area contributed by atoms with Crippen LogP contribution in [0.3, 0.4) is 0 Å². The van der Waals surface area contributed by atoms with Crippen molar-refractivity contribution in [1.82, 2.24) is 0 Å². The molecule has 0 heterocycles. The quantitative estimate of drug-likeness (QED) is 0.688. The predicted octanol–water partition coefficient (Wildman–Crippen LogP) is 3.14. The second-order valence-corrected chi connectivity index (χ2v) is 6.09. The molecular formula is C14H22O. The highest BCUT2D eigenvalue weighted by Crippen LogP contribution is 2.52. The summed E-state index contributed by atoms with van der Waals surface area (Å²) in [5, 5.41) is 10.8. The van der Waals surface area contributed by atoms with Crippen molar-refractivity contribution in [3.8, 4) is 0 Å². The number of allylic oxidation sites excluding steroid dienone is 2. The van der Waals surface area contributed by atoms with Gasteiger partial charge < -0.3 is 5.11 Å². The Bertz CT molecular complexity index is 273. The van der Waals surface area contributed by atoms with Crippen LogP contribution in [0.2, 0.25) is 0 Å². The lowest BCUT2D eigenvalue weighted by Crippen LogP contribution is -2.43. The molecule has 0 amide bonds. The summed E-state index contributed by atoms with van der Waals surface area (Å²) < 4.78 is 0. The van der Waals surface area contributed by atoms with Crippen LogP contribution in [0.5, 0.6) is 0 Å². The summed E-state index contributed by atoms with van der Waals surface area (Å²) in [6.07, 6.45) is 12.5. The van der Waals surface area contributed by atoms with Crippen LogP contribution in [0, 0.1) is 23.7 Å². The van der Waals surface area contributed by atoms with Crippen LogP contribution in [0.4, 0.5) is 0 Å². The maximum absolute atomic E-state index is 10.8. The minimum atomic E-state index is -0.388. The Morgan fingerprint density at radius 2 is 1.87 bits per heavy atom. The lowest BCUT2D eigenvalue weighted by atomic mass is 9.72. The van der Waals surface area contributed by atoms with Gasteiger partial charge in [-0.05, 0) is 56.3 Å². The lowest BCUT2D eigenvalue weighted by Gasteiger charge is -2.39. The van der Waals surface area contributed by atoms with Gasteiger partial charge in [-0.3, -0.25) is 0 Å². The van der Waals surface area contributed by atoms with E-state index in [0.29, 0.717) is 17.8 Å². The lowest BCUT2D eigenvalue weighted by molar-refractivity contribution is -0.0607. The van der Waals surface area contributed by atoms with E-state index in [1.54, 1.807) is 0 Å². The molecule has 84 valence electrons. The monoisotopic (exact) mass is 206 g/mol. The molecule has 2 bridgehead atoms. The van der Waals surface area contributed by atoms with E-state index in [4.69, 9.17) is 0 Å². The van der Waals surface area contributed by atoms with Gasteiger partial charge in [-0.1, -0.05) is 25.0 Å². The fourth-order valence-corrected chi connectivity index (χ4v) is 4.27. The molecule has 1 heteroatoms. The summed E-state index contributed by atoms with van der Waals surface area (Å²) >= 11 is 0. The van der Waals surface area contributed by atoms with Gasteiger partial charge in [0.05, 0.1) is 5.60 Å². The third kappa shape index (κ3) is 1.47. The number of fused-ring (bicyclic) bond motifs is 2. The summed E-state index contributed by atoms with van der Waals surface area (Å²) in [4.78, 5) is 0. The SMILES string of the molecule is CC(O)(C1CCCC1)C1CC2C=CC1C2. The Morgan fingerprint density at radius 1 is 1.13 bits per heavy atom. The van der Waals surface area contributed by atoms with E-state index in [9.17, 15) is 5.11 Å². The fourth-order valence-electron chi connectivity index (χ4n) is 4.27. The number of hydrogen-bond donors (Lipinski definition) is 1. The minimum Gasteiger partial charge on any atom is -0.390 e. The standard InChI is InChI=1S/C14H22O/c1-14(15,12-4-2-3-5-12)13-9-10-6-7-11(13)8-10/h6-7,10-13,15H,2-5,8-9H2,1H3. The summed E-state index contributed by atoms with van der Waals surface area (Å²) in [6.45, 7) is 2.11. The molecule has 3 rings (SSSR count). The first-order valence-corrected chi connectivity index (χ1v) is 6.58. The van der Waals surface area contributed by atoms with E-state index in [1.807, 2.05) is 0 Å². The Kier molecular flexibility index (Phi) is 2.21. The number of rotatable bonds is 2. The summed E-state index contributed by atoms with van der Waals surface area (Å²) in [7, 11) is 0. The number of aliphatic hydroxyl groups is 1. The molecule has 1 nitrogen and oxygen atoms in total. The molecule has 1 N–H and O–H groups in total. The third-order valence-corrected chi connectivity index (χ3v) is 5.21. The zero-order valence-corrected chi connectivity index (χ0v) is 9.65. The molecule has 0 saturated heterocycles. The smallest absolute Gasteiger partial charge is 0.0681 e. The molecule has 0 radical (unpaired) electrons. The maximum Gasteiger partial charge on any atom is 0.0681 e. The molecule has 2 fully saturated rings. The summed E-state index contributed by atoms with van der Waals surface area (Å²) in [5.74, 6) is 2.60. The normalized spacial score (nSPS) is 43.7. The molecule has 0 aromatic heterocycles. The highest BCUT2D eigenvalue weighted by molar-refractivity contribution is 5.14. The van der Waals surface area contributed by atoms with Crippen LogP contribution in [-0.2, 0) is 0 Å². The molecule has 0 spiro atoms. The largest absolute Gasteiger partial charge is 0.390 e. The van der Waals surface area contributed by atoms with Crippen LogP contribution in [0.15, 0.2) is 12.2 Å². The van der Waals surface area contributed by atoms with E-state index < -0.39 is 0 Å². The van der Waals surface area contributed by atoms with Gasteiger partial charge in [0.25, 0.3) is 0 Å². The topological polar surface area (TPSA) is 20.2 Å². The van der Waals surface area contributed by atoms with Crippen LogP contribution >= 0.6 is 0 Å². The molecule has 3 aliphatic carbocycles. The van der Waals surface area contributed by atoms with Crippen molar-refractivity contribution in [2.45, 2.75) is 51.0 Å². The van der Waals surface area contributed by atoms with E-state index >= 15 is 0 Å². The summed E-state index contributed by atoms with van der Waals surface area (Å²) in [6, 6.07) is 0. The Balaban J connectivity index is 1.77. The van der Waals surface area contributed by atoms with Gasteiger partial charge in [-0.25, -0.2) is 0 Å². The summed E-state index contributed by atoms with van der Waals surface area (Å²) in [5.41, 5.74) is -0.388. The second-order valence-electron chi connectivity index (χ2n) is 6.09. The van der Waals surface area contributed by atoms with Crippen LogP contribution < -0.4 is 0 Å². The molecule has 4 unspecified atom stereocenters. The highest BCUT2D eigenvalue weighted by atomic mass is 16.3. The average molecular weight is 206 g/mol. The van der Waals surface area contributed by atoms with Crippen LogP contribution in [-0.4, -0.2) is 10.7 Å². The van der Waals surface area contributed by atoms with Crippen molar-refractivity contribution in [2.24, 2.45) is 23.7 Å². The van der Waals surface area contributed by atoms with Crippen molar-refractivity contribution in [2.75, 3.05) is 0 Å². The van der Waals surface area contributed by atoms with Crippen molar-refractivity contribution in [3.63, 3.8) is 0 Å². The zero-order valence-electron chi connectivity index (χ0n) is 9.65. The van der Waals surface area contributed by atoms with E-state index in [1.165, 1.54) is 38.5 Å². The van der Waals surface area contributed by atoms with E-state index in [0.717, 1.165) is 5.92 Å². The van der Waals surface area contributed by atoms with E-state index in [-0.39, 0.29) is 5.60 Å². The maximum atomic E-state index is 10.8. The second kappa shape index (κ2) is 3.35. The predicted molar refractivity (Wildman–Crippen MR) is 61.4 cm³/mol. The Hall–Kier alpha value is -0.300. The van der Waals surface area contributed by atoms with Crippen LogP contribution in [0.1, 0.15) is 45.4 Å². The Labute approximate surface area is 92.6 Å². The van der Waals surface area contributed by atoms with Crippen LogP contribution in [0.25, 0.3) is 0 Å². The molecule has 2 saturated carbocycles. The van der Waals surface area contributed by atoms with Crippen molar-refractivity contribution < 1.29 is 5.11 Å². The van der Waals surface area contributed by atoms with Crippen molar-refractivity contribution in [3.05, 3.63) is 12.2 Å². The first-order valence-electron chi connectivity index (χ1n) is 6.58. The van der Waals surface area contributed by atoms with Gasteiger partial charge in [0.1, 0.15) is 0 Å². The first kappa shape index (κ1) is 9.89. The van der Waals surface area contributed by atoms with E-state index in [2.05, 4.69) is 19.1 Å². The van der Waals surface area contributed by atoms with Gasteiger partial charge in [-0.2, -0.15) is 0 Å². The van der Waals surface area contributed by atoms with Gasteiger partial charge in [0.15, 0.2) is 0 Å². The Morgan fingerprint density at radius 3 is 2.40 bits per heavy atom. The molecule has 3 aliphatic rings. The molecule has 4 atom stereocenters. The first-order chi connectivity index (χ1) is 7.18. The van der Waals surface area contributed by atoms with Crippen molar-refractivity contribution >= 4 is 0 Å². The van der Waals surface area contributed by atoms with Gasteiger partial charge >= 0.3 is 0 Å². The molecule has 0 aromatic rings. The fraction of sp³-hybridized carbons (Fsp3) is 0.857. The van der Waals surface area contributed by atoms with Gasteiger partial charge in [-0.15, -0.1) is 0 Å². The molecule has 0 aromatic carbocycles. The van der Waals surface area contributed by atoms with Gasteiger partial charge in [0.2, 0.25) is 0 Å². The minimum absolute atomic E-state index is 0.388. The molecule has 0 aliphatic heterocycles. The highest BCUT2D eigenvalue weighted by Gasteiger charge is 2.49. The van der Waals surface area contributed by atoms with Crippen molar-refractivity contribution in [1.29, 1.82) is 0 Å². The molecular weight excluding hydrogens is 184 g/mol. The number of hydrogen-bond acceptors (Lipinski definition) is 1. The molecule has 15 heavy (non-hydrogen) atoms. The van der Waals surface area contributed by atoms with Gasteiger partial charge in [0, 0.05) is 0 Å². The average Bonchev–Trinajstić information content (AvgIpc) is 2.94.